The molecule has 1 saturated carbocycles. The van der Waals surface area contributed by atoms with Crippen LogP contribution in [0.5, 0.6) is 0 Å². The molecule has 126 valence electrons. The molecule has 1 unspecified atom stereocenters. The summed E-state index contributed by atoms with van der Waals surface area (Å²) in [5.74, 6) is 1.36. The number of ether oxygens (including phenoxy) is 1. The zero-order valence-corrected chi connectivity index (χ0v) is 13.6. The summed E-state index contributed by atoms with van der Waals surface area (Å²) in [7, 11) is 0. The predicted molar refractivity (Wildman–Crippen MR) is 87.0 cm³/mol. The number of hydrogen-bond donors (Lipinski definition) is 0. The SMILES string of the molecule is O=C(C1CCCC1)N1CCOCC1c1noc(-c2ccccc2)n1. The van der Waals surface area contributed by atoms with Crippen LogP contribution in [0, 0.1) is 5.92 Å². The van der Waals surface area contributed by atoms with Crippen LogP contribution in [0.25, 0.3) is 11.5 Å². The lowest BCUT2D eigenvalue weighted by atomic mass is 10.0. The van der Waals surface area contributed by atoms with E-state index in [2.05, 4.69) is 10.1 Å². The summed E-state index contributed by atoms with van der Waals surface area (Å²) in [5, 5.41) is 4.12. The van der Waals surface area contributed by atoms with Crippen LogP contribution in [0.2, 0.25) is 0 Å². The summed E-state index contributed by atoms with van der Waals surface area (Å²) in [6.07, 6.45) is 4.27. The first-order chi connectivity index (χ1) is 11.8. The third kappa shape index (κ3) is 2.94. The van der Waals surface area contributed by atoms with Crippen LogP contribution < -0.4 is 0 Å². The number of carbonyl (C=O) groups is 1. The fourth-order valence-corrected chi connectivity index (χ4v) is 3.56. The van der Waals surface area contributed by atoms with Crippen molar-refractivity contribution in [3.63, 3.8) is 0 Å². The van der Waals surface area contributed by atoms with Gasteiger partial charge in [0, 0.05) is 18.0 Å². The van der Waals surface area contributed by atoms with Gasteiger partial charge in [0.15, 0.2) is 5.82 Å². The van der Waals surface area contributed by atoms with E-state index >= 15 is 0 Å². The lowest BCUT2D eigenvalue weighted by Gasteiger charge is -2.35. The molecule has 1 aliphatic carbocycles. The first kappa shape index (κ1) is 15.3. The highest BCUT2D eigenvalue weighted by Crippen LogP contribution is 2.31. The topological polar surface area (TPSA) is 68.5 Å². The summed E-state index contributed by atoms with van der Waals surface area (Å²) in [5.41, 5.74) is 0.877. The average Bonchev–Trinajstić information content (AvgIpc) is 3.34. The van der Waals surface area contributed by atoms with Gasteiger partial charge in [0.25, 0.3) is 5.89 Å². The molecule has 0 N–H and O–H groups in total. The Kier molecular flexibility index (Phi) is 4.30. The zero-order chi connectivity index (χ0) is 16.4. The van der Waals surface area contributed by atoms with Crippen molar-refractivity contribution >= 4 is 5.91 Å². The Hall–Kier alpha value is -2.21. The second-order valence-electron chi connectivity index (χ2n) is 6.43. The molecular weight excluding hydrogens is 306 g/mol. The van der Waals surface area contributed by atoms with E-state index < -0.39 is 0 Å². The number of benzene rings is 1. The van der Waals surface area contributed by atoms with E-state index in [0.717, 1.165) is 31.2 Å². The van der Waals surface area contributed by atoms with E-state index in [9.17, 15) is 4.79 Å². The fraction of sp³-hybridized carbons (Fsp3) is 0.500. The molecule has 0 spiro atoms. The van der Waals surface area contributed by atoms with Gasteiger partial charge < -0.3 is 14.2 Å². The maximum absolute atomic E-state index is 12.8. The van der Waals surface area contributed by atoms with Crippen molar-refractivity contribution in [3.8, 4) is 11.5 Å². The van der Waals surface area contributed by atoms with E-state index in [1.165, 1.54) is 0 Å². The van der Waals surface area contributed by atoms with Crippen molar-refractivity contribution in [3.05, 3.63) is 36.2 Å². The Bertz CT molecular complexity index is 695. The minimum Gasteiger partial charge on any atom is -0.377 e. The number of carbonyl (C=O) groups excluding carboxylic acids is 1. The molecule has 1 amide bonds. The Labute approximate surface area is 140 Å². The molecule has 1 aromatic carbocycles. The molecule has 6 heteroatoms. The highest BCUT2D eigenvalue weighted by Gasteiger charge is 2.36. The van der Waals surface area contributed by atoms with Crippen molar-refractivity contribution in [1.29, 1.82) is 0 Å². The van der Waals surface area contributed by atoms with Gasteiger partial charge in [-0.2, -0.15) is 4.98 Å². The van der Waals surface area contributed by atoms with Crippen LogP contribution >= 0.6 is 0 Å². The maximum Gasteiger partial charge on any atom is 0.257 e. The van der Waals surface area contributed by atoms with Gasteiger partial charge in [0.2, 0.25) is 5.91 Å². The van der Waals surface area contributed by atoms with Gasteiger partial charge >= 0.3 is 0 Å². The molecule has 4 rings (SSSR count). The van der Waals surface area contributed by atoms with Gasteiger partial charge in [0.05, 0.1) is 13.2 Å². The number of aromatic nitrogens is 2. The zero-order valence-electron chi connectivity index (χ0n) is 13.6. The van der Waals surface area contributed by atoms with Gasteiger partial charge in [0.1, 0.15) is 6.04 Å². The molecule has 2 aromatic rings. The van der Waals surface area contributed by atoms with E-state index in [0.29, 0.717) is 31.5 Å². The average molecular weight is 327 g/mol. The number of nitrogens with zero attached hydrogens (tertiary/aromatic N) is 3. The quantitative estimate of drug-likeness (QED) is 0.867. The molecule has 1 aromatic heterocycles. The molecule has 1 aliphatic heterocycles. The second kappa shape index (κ2) is 6.73. The Balaban J connectivity index is 1.57. The van der Waals surface area contributed by atoms with E-state index in [-0.39, 0.29) is 17.9 Å². The monoisotopic (exact) mass is 327 g/mol. The molecule has 0 bridgehead atoms. The molecule has 0 radical (unpaired) electrons. The number of amides is 1. The maximum atomic E-state index is 12.8. The minimum atomic E-state index is -0.256. The molecule has 1 atom stereocenters. The Morgan fingerprint density at radius 2 is 1.96 bits per heavy atom. The van der Waals surface area contributed by atoms with Crippen molar-refractivity contribution in [1.82, 2.24) is 15.0 Å². The molecule has 6 nitrogen and oxygen atoms in total. The Morgan fingerprint density at radius 1 is 1.17 bits per heavy atom. The summed E-state index contributed by atoms with van der Waals surface area (Å²) in [6, 6.07) is 9.40. The van der Waals surface area contributed by atoms with Gasteiger partial charge in [-0.3, -0.25) is 4.79 Å². The summed E-state index contributed by atoms with van der Waals surface area (Å²) in [6.45, 7) is 1.58. The van der Waals surface area contributed by atoms with Crippen LogP contribution in [-0.4, -0.2) is 40.7 Å². The van der Waals surface area contributed by atoms with Crippen LogP contribution in [0.1, 0.15) is 37.5 Å². The standard InChI is InChI=1S/C18H21N3O3/c22-18(14-8-4-5-9-14)21-10-11-23-12-15(21)16-19-17(24-20-16)13-6-2-1-3-7-13/h1-3,6-7,14-15H,4-5,8-12H2. The largest absolute Gasteiger partial charge is 0.377 e. The van der Waals surface area contributed by atoms with Gasteiger partial charge in [-0.1, -0.05) is 36.2 Å². The number of morpholine rings is 1. The molecule has 24 heavy (non-hydrogen) atoms. The van der Waals surface area contributed by atoms with Crippen LogP contribution in [0.15, 0.2) is 34.9 Å². The Morgan fingerprint density at radius 3 is 2.75 bits per heavy atom. The van der Waals surface area contributed by atoms with Crippen LogP contribution in [0.4, 0.5) is 0 Å². The van der Waals surface area contributed by atoms with Gasteiger partial charge in [-0.25, -0.2) is 0 Å². The first-order valence-electron chi connectivity index (χ1n) is 8.60. The molecule has 2 aliphatic rings. The van der Waals surface area contributed by atoms with Crippen LogP contribution in [-0.2, 0) is 9.53 Å². The molecular formula is C18H21N3O3. The van der Waals surface area contributed by atoms with E-state index in [1.54, 1.807) is 0 Å². The number of rotatable bonds is 3. The lowest BCUT2D eigenvalue weighted by Crippen LogP contribution is -2.46. The smallest absolute Gasteiger partial charge is 0.257 e. The first-order valence-corrected chi connectivity index (χ1v) is 8.60. The normalized spacial score (nSPS) is 22.0. The third-order valence-electron chi connectivity index (χ3n) is 4.88. The second-order valence-corrected chi connectivity index (χ2v) is 6.43. The molecule has 1 saturated heterocycles. The van der Waals surface area contributed by atoms with Crippen molar-refractivity contribution < 1.29 is 14.1 Å². The van der Waals surface area contributed by atoms with Crippen molar-refractivity contribution in [2.75, 3.05) is 19.8 Å². The third-order valence-corrected chi connectivity index (χ3v) is 4.88. The van der Waals surface area contributed by atoms with Crippen LogP contribution in [0.3, 0.4) is 0 Å². The van der Waals surface area contributed by atoms with E-state index in [4.69, 9.17) is 9.26 Å². The van der Waals surface area contributed by atoms with Crippen molar-refractivity contribution in [2.45, 2.75) is 31.7 Å². The fourth-order valence-electron chi connectivity index (χ4n) is 3.56. The lowest BCUT2D eigenvalue weighted by molar-refractivity contribution is -0.144. The highest BCUT2D eigenvalue weighted by molar-refractivity contribution is 5.79. The van der Waals surface area contributed by atoms with E-state index in [1.807, 2.05) is 35.2 Å². The van der Waals surface area contributed by atoms with Gasteiger partial charge in [-0.15, -0.1) is 0 Å². The van der Waals surface area contributed by atoms with Crippen molar-refractivity contribution in [2.24, 2.45) is 5.92 Å². The molecule has 2 heterocycles. The molecule has 2 fully saturated rings. The highest BCUT2D eigenvalue weighted by atomic mass is 16.5. The van der Waals surface area contributed by atoms with Gasteiger partial charge in [-0.05, 0) is 25.0 Å². The number of hydrogen-bond acceptors (Lipinski definition) is 5. The minimum absolute atomic E-state index is 0.145. The summed E-state index contributed by atoms with van der Waals surface area (Å²) < 4.78 is 11.0. The summed E-state index contributed by atoms with van der Waals surface area (Å²) in [4.78, 5) is 19.2. The summed E-state index contributed by atoms with van der Waals surface area (Å²) >= 11 is 0. The predicted octanol–water partition coefficient (Wildman–Crippen LogP) is 2.83.